The van der Waals surface area contributed by atoms with Crippen molar-refractivity contribution in [1.82, 2.24) is 0 Å². The third-order valence-corrected chi connectivity index (χ3v) is 3.60. The normalized spacial score (nSPS) is 24.9. The number of alkyl halides is 3. The minimum Gasteiger partial charge on any atom is -0.406 e. The number of benzene rings is 1. The molecule has 0 atom stereocenters. The Morgan fingerprint density at radius 1 is 1.00 bits per heavy atom. The van der Waals surface area contributed by atoms with E-state index in [0.717, 1.165) is 24.3 Å². The van der Waals surface area contributed by atoms with Gasteiger partial charge in [-0.2, -0.15) is 0 Å². The molecule has 0 aliphatic heterocycles. The Bertz CT molecular complexity index is 375. The fourth-order valence-corrected chi connectivity index (χ4v) is 2.54. The van der Waals surface area contributed by atoms with Crippen molar-refractivity contribution >= 4 is 0 Å². The summed E-state index contributed by atoms with van der Waals surface area (Å²) in [6, 6.07) is 6.31. The zero-order valence-electron chi connectivity index (χ0n) is 10.3. The molecule has 100 valence electrons. The van der Waals surface area contributed by atoms with Crippen molar-refractivity contribution in [3.8, 4) is 5.75 Å². The van der Waals surface area contributed by atoms with Crippen molar-refractivity contribution in [2.45, 2.75) is 44.9 Å². The highest BCUT2D eigenvalue weighted by Crippen LogP contribution is 2.36. The van der Waals surface area contributed by atoms with Gasteiger partial charge in [0.05, 0.1) is 0 Å². The first-order valence-corrected chi connectivity index (χ1v) is 6.30. The monoisotopic (exact) mass is 258 g/mol. The maximum atomic E-state index is 12.0. The van der Waals surface area contributed by atoms with Crippen LogP contribution in [0.2, 0.25) is 0 Å². The van der Waals surface area contributed by atoms with Crippen LogP contribution < -0.4 is 4.74 Å². The summed E-state index contributed by atoms with van der Waals surface area (Å²) in [5, 5.41) is 0. The van der Waals surface area contributed by atoms with Crippen LogP contribution in [0.25, 0.3) is 0 Å². The van der Waals surface area contributed by atoms with Crippen LogP contribution >= 0.6 is 0 Å². The summed E-state index contributed by atoms with van der Waals surface area (Å²) in [5.41, 5.74) is 1.12. The van der Waals surface area contributed by atoms with Crippen molar-refractivity contribution in [2.24, 2.45) is 5.92 Å². The zero-order chi connectivity index (χ0) is 13.2. The van der Waals surface area contributed by atoms with E-state index < -0.39 is 6.36 Å². The zero-order valence-corrected chi connectivity index (χ0v) is 10.3. The van der Waals surface area contributed by atoms with E-state index in [1.807, 2.05) is 0 Å². The van der Waals surface area contributed by atoms with E-state index in [2.05, 4.69) is 11.7 Å². The lowest BCUT2D eigenvalue weighted by Gasteiger charge is -2.26. The Balaban J connectivity index is 1.99. The molecule has 1 saturated carbocycles. The summed E-state index contributed by atoms with van der Waals surface area (Å²) in [4.78, 5) is 0. The third kappa shape index (κ3) is 3.65. The Morgan fingerprint density at radius 2 is 1.56 bits per heavy atom. The smallest absolute Gasteiger partial charge is 0.406 e. The highest BCUT2D eigenvalue weighted by Gasteiger charge is 2.31. The quantitative estimate of drug-likeness (QED) is 0.734. The Hall–Kier alpha value is -1.19. The van der Waals surface area contributed by atoms with Crippen LogP contribution in [0.1, 0.15) is 44.1 Å². The second-order valence-electron chi connectivity index (χ2n) is 5.07. The second-order valence-corrected chi connectivity index (χ2v) is 5.07. The standard InChI is InChI=1S/C14H17F3O/c1-10-2-4-11(5-3-10)12-6-8-13(9-7-12)18-14(15,16)17/h6-11H,2-5H2,1H3. The summed E-state index contributed by atoms with van der Waals surface area (Å²) >= 11 is 0. The molecule has 0 saturated heterocycles. The maximum Gasteiger partial charge on any atom is 0.573 e. The van der Waals surface area contributed by atoms with E-state index in [-0.39, 0.29) is 5.75 Å². The fourth-order valence-electron chi connectivity index (χ4n) is 2.54. The molecule has 1 nitrogen and oxygen atoms in total. The predicted molar refractivity (Wildman–Crippen MR) is 63.5 cm³/mol. The molecule has 0 N–H and O–H groups in total. The van der Waals surface area contributed by atoms with Crippen molar-refractivity contribution in [3.63, 3.8) is 0 Å². The van der Waals surface area contributed by atoms with Gasteiger partial charge >= 0.3 is 6.36 Å². The van der Waals surface area contributed by atoms with E-state index in [1.54, 1.807) is 12.1 Å². The predicted octanol–water partition coefficient (Wildman–Crippen LogP) is 4.88. The summed E-state index contributed by atoms with van der Waals surface area (Å²) in [7, 11) is 0. The topological polar surface area (TPSA) is 9.23 Å². The van der Waals surface area contributed by atoms with Crippen LogP contribution in [0, 0.1) is 5.92 Å². The van der Waals surface area contributed by atoms with Gasteiger partial charge in [-0.25, -0.2) is 0 Å². The molecule has 0 radical (unpaired) electrons. The molecule has 1 aliphatic rings. The lowest BCUT2D eigenvalue weighted by Crippen LogP contribution is -2.17. The molecule has 1 aliphatic carbocycles. The maximum absolute atomic E-state index is 12.0. The number of halogens is 3. The van der Waals surface area contributed by atoms with Gasteiger partial charge < -0.3 is 4.74 Å². The van der Waals surface area contributed by atoms with E-state index >= 15 is 0 Å². The van der Waals surface area contributed by atoms with Gasteiger partial charge in [0.15, 0.2) is 0 Å². The first-order valence-electron chi connectivity index (χ1n) is 6.30. The van der Waals surface area contributed by atoms with E-state index in [0.29, 0.717) is 5.92 Å². The largest absolute Gasteiger partial charge is 0.573 e. The van der Waals surface area contributed by atoms with Crippen molar-refractivity contribution in [1.29, 1.82) is 0 Å². The average molecular weight is 258 g/mol. The number of rotatable bonds is 2. The summed E-state index contributed by atoms with van der Waals surface area (Å²) in [6.07, 6.45) is 0.0417. The second kappa shape index (κ2) is 5.21. The molecule has 18 heavy (non-hydrogen) atoms. The Morgan fingerprint density at radius 3 is 2.06 bits per heavy atom. The highest BCUT2D eigenvalue weighted by molar-refractivity contribution is 5.29. The average Bonchev–Trinajstić information content (AvgIpc) is 2.29. The molecular formula is C14H17F3O. The van der Waals surface area contributed by atoms with E-state index in [4.69, 9.17) is 0 Å². The lowest BCUT2D eigenvalue weighted by molar-refractivity contribution is -0.274. The molecule has 0 bridgehead atoms. The summed E-state index contributed by atoms with van der Waals surface area (Å²) in [6.45, 7) is 2.25. The molecule has 1 aromatic carbocycles. The third-order valence-electron chi connectivity index (χ3n) is 3.60. The highest BCUT2D eigenvalue weighted by atomic mass is 19.4. The van der Waals surface area contributed by atoms with Gasteiger partial charge in [-0.3, -0.25) is 0 Å². The lowest BCUT2D eigenvalue weighted by atomic mass is 9.79. The van der Waals surface area contributed by atoms with Crippen LogP contribution in [0.15, 0.2) is 24.3 Å². The van der Waals surface area contributed by atoms with E-state index in [1.165, 1.54) is 25.0 Å². The first kappa shape index (κ1) is 13.2. The number of hydrogen-bond acceptors (Lipinski definition) is 1. The SMILES string of the molecule is CC1CCC(c2ccc(OC(F)(F)F)cc2)CC1. The van der Waals surface area contributed by atoms with Gasteiger partial charge in [0.1, 0.15) is 5.75 Å². The minimum absolute atomic E-state index is 0.143. The van der Waals surface area contributed by atoms with Crippen LogP contribution in [0.5, 0.6) is 5.75 Å². The summed E-state index contributed by atoms with van der Waals surface area (Å²) in [5.74, 6) is 1.12. The molecule has 1 aromatic rings. The van der Waals surface area contributed by atoms with Crippen molar-refractivity contribution in [3.05, 3.63) is 29.8 Å². The minimum atomic E-state index is -4.61. The van der Waals surface area contributed by atoms with Crippen LogP contribution in [0.4, 0.5) is 13.2 Å². The Kier molecular flexibility index (Phi) is 3.83. The molecule has 2 rings (SSSR count). The molecule has 0 unspecified atom stereocenters. The molecular weight excluding hydrogens is 241 g/mol. The van der Waals surface area contributed by atoms with Gasteiger partial charge in [0.25, 0.3) is 0 Å². The molecule has 0 amide bonds. The first-order chi connectivity index (χ1) is 8.44. The van der Waals surface area contributed by atoms with Gasteiger partial charge in [-0.15, -0.1) is 13.2 Å². The molecule has 0 heterocycles. The van der Waals surface area contributed by atoms with Gasteiger partial charge in [-0.05, 0) is 42.4 Å². The molecule has 1 fully saturated rings. The van der Waals surface area contributed by atoms with Crippen LogP contribution in [-0.2, 0) is 0 Å². The van der Waals surface area contributed by atoms with Gasteiger partial charge in [0, 0.05) is 0 Å². The summed E-state index contributed by atoms with van der Waals surface area (Å²) < 4.78 is 39.9. The van der Waals surface area contributed by atoms with Gasteiger partial charge in [0.2, 0.25) is 0 Å². The van der Waals surface area contributed by atoms with Crippen molar-refractivity contribution in [2.75, 3.05) is 0 Å². The number of ether oxygens (including phenoxy) is 1. The molecule has 4 heteroatoms. The number of hydrogen-bond donors (Lipinski definition) is 0. The van der Waals surface area contributed by atoms with Crippen molar-refractivity contribution < 1.29 is 17.9 Å². The Labute approximate surface area is 105 Å². The molecule has 0 aromatic heterocycles. The van der Waals surface area contributed by atoms with Crippen LogP contribution in [-0.4, -0.2) is 6.36 Å². The van der Waals surface area contributed by atoms with E-state index in [9.17, 15) is 13.2 Å². The van der Waals surface area contributed by atoms with Crippen LogP contribution in [0.3, 0.4) is 0 Å². The van der Waals surface area contributed by atoms with Gasteiger partial charge in [-0.1, -0.05) is 31.9 Å². The fraction of sp³-hybridized carbons (Fsp3) is 0.571. The molecule has 0 spiro atoms.